The van der Waals surface area contributed by atoms with Crippen molar-refractivity contribution in [1.29, 1.82) is 0 Å². The number of carboxylic acids is 1. The predicted molar refractivity (Wildman–Crippen MR) is 84.1 cm³/mol. The summed E-state index contributed by atoms with van der Waals surface area (Å²) in [6, 6.07) is 4.30. The second-order valence-corrected chi connectivity index (χ2v) is 7.89. The van der Waals surface area contributed by atoms with Gasteiger partial charge in [-0.3, -0.25) is 9.00 Å². The summed E-state index contributed by atoms with van der Waals surface area (Å²) in [4.78, 5) is 25.3. The highest BCUT2D eigenvalue weighted by Crippen LogP contribution is 2.22. The molecule has 1 saturated heterocycles. The highest BCUT2D eigenvalue weighted by Gasteiger charge is 2.33. The number of benzene rings is 1. The van der Waals surface area contributed by atoms with E-state index in [4.69, 9.17) is 5.11 Å². The molecule has 1 fully saturated rings. The Balaban J connectivity index is 2.32. The number of carbonyl (C=O) groups excluding carboxylic acids is 1. The zero-order chi connectivity index (χ0) is 15.7. The van der Waals surface area contributed by atoms with E-state index in [1.165, 1.54) is 12.1 Å². The third-order valence-electron chi connectivity index (χ3n) is 3.77. The van der Waals surface area contributed by atoms with Crippen molar-refractivity contribution in [3.63, 3.8) is 0 Å². The average Bonchev–Trinajstić information content (AvgIpc) is 2.43. The van der Waals surface area contributed by atoms with Crippen LogP contribution in [0.3, 0.4) is 0 Å². The Hall–Kier alpha value is -1.21. The lowest BCUT2D eigenvalue weighted by Gasteiger charge is -2.37. The van der Waals surface area contributed by atoms with Crippen molar-refractivity contribution in [3.05, 3.63) is 33.8 Å². The molecule has 21 heavy (non-hydrogen) atoms. The minimum Gasteiger partial charge on any atom is -0.478 e. The molecule has 0 aromatic heterocycles. The number of amides is 1. The van der Waals surface area contributed by atoms with Crippen molar-refractivity contribution in [2.24, 2.45) is 0 Å². The number of rotatable bonds is 2. The molecule has 1 aromatic rings. The Kier molecular flexibility index (Phi) is 4.83. The summed E-state index contributed by atoms with van der Waals surface area (Å²) >= 11 is 3.23. The maximum atomic E-state index is 12.6. The van der Waals surface area contributed by atoms with Crippen LogP contribution in [0, 0.1) is 0 Å². The van der Waals surface area contributed by atoms with Gasteiger partial charge in [0, 0.05) is 39.2 Å². The van der Waals surface area contributed by atoms with Gasteiger partial charge < -0.3 is 10.0 Å². The summed E-state index contributed by atoms with van der Waals surface area (Å²) in [5.41, 5.74) is 0.391. The molecule has 0 spiro atoms. The number of hydrogen-bond donors (Lipinski definition) is 1. The summed E-state index contributed by atoms with van der Waals surface area (Å²) in [5, 5.41) is 8.98. The molecule has 3 unspecified atom stereocenters. The lowest BCUT2D eigenvalue weighted by molar-refractivity contribution is 0.0695. The van der Waals surface area contributed by atoms with Gasteiger partial charge in [-0.25, -0.2) is 4.79 Å². The van der Waals surface area contributed by atoms with E-state index >= 15 is 0 Å². The topological polar surface area (TPSA) is 74.7 Å². The van der Waals surface area contributed by atoms with Crippen LogP contribution in [0.2, 0.25) is 0 Å². The first-order valence-corrected chi connectivity index (χ1v) is 8.71. The lowest BCUT2D eigenvalue weighted by Crippen LogP contribution is -2.52. The van der Waals surface area contributed by atoms with E-state index in [1.54, 1.807) is 11.0 Å². The molecule has 0 saturated carbocycles. The Bertz CT molecular complexity index is 619. The van der Waals surface area contributed by atoms with Crippen molar-refractivity contribution in [2.75, 3.05) is 12.3 Å². The number of aromatic carboxylic acids is 1. The van der Waals surface area contributed by atoms with E-state index in [-0.39, 0.29) is 22.8 Å². The molecule has 114 valence electrons. The largest absolute Gasteiger partial charge is 0.478 e. The molecule has 0 radical (unpaired) electrons. The maximum absolute atomic E-state index is 12.6. The van der Waals surface area contributed by atoms with Crippen LogP contribution in [-0.2, 0) is 10.8 Å². The highest BCUT2D eigenvalue weighted by atomic mass is 79.9. The standard InChI is InChI=1S/C14H16BrNO4S/c1-8-9(2)21(20)4-3-16(8)13(17)10-5-11(14(18)19)7-12(15)6-10/h5-9H,3-4H2,1-2H3,(H,18,19). The molecule has 1 heterocycles. The Labute approximate surface area is 133 Å². The summed E-state index contributed by atoms with van der Waals surface area (Å²) in [6.07, 6.45) is 0. The van der Waals surface area contributed by atoms with Gasteiger partial charge in [0.05, 0.1) is 10.8 Å². The van der Waals surface area contributed by atoms with E-state index in [0.29, 0.717) is 22.3 Å². The minimum atomic E-state index is -1.08. The number of hydrogen-bond acceptors (Lipinski definition) is 3. The molecule has 3 atom stereocenters. The first-order valence-electron chi connectivity index (χ1n) is 6.53. The normalized spacial score (nSPS) is 25.7. The van der Waals surface area contributed by atoms with Crippen LogP contribution in [0.1, 0.15) is 34.6 Å². The van der Waals surface area contributed by atoms with Gasteiger partial charge in [0.15, 0.2) is 0 Å². The SMILES string of the molecule is CC1C(C)S(=O)CCN1C(=O)c1cc(Br)cc(C(=O)O)c1. The van der Waals surface area contributed by atoms with E-state index in [1.807, 2.05) is 13.8 Å². The number of carboxylic acid groups (broad SMARTS) is 1. The summed E-state index contributed by atoms with van der Waals surface area (Å²) in [5.74, 6) is -0.849. The predicted octanol–water partition coefficient (Wildman–Crippen LogP) is 2.13. The first-order chi connectivity index (χ1) is 9.81. The molecule has 1 aromatic carbocycles. The van der Waals surface area contributed by atoms with E-state index < -0.39 is 16.8 Å². The van der Waals surface area contributed by atoms with Gasteiger partial charge in [-0.2, -0.15) is 0 Å². The van der Waals surface area contributed by atoms with Gasteiger partial charge in [-0.1, -0.05) is 15.9 Å². The van der Waals surface area contributed by atoms with Gasteiger partial charge in [0.2, 0.25) is 0 Å². The summed E-state index contributed by atoms with van der Waals surface area (Å²) in [6.45, 7) is 4.16. The molecule has 7 heteroatoms. The van der Waals surface area contributed by atoms with Crippen LogP contribution in [0.5, 0.6) is 0 Å². The molecule has 1 N–H and O–H groups in total. The average molecular weight is 374 g/mol. The molecule has 0 aliphatic carbocycles. The molecule has 2 rings (SSSR count). The summed E-state index contributed by atoms with van der Waals surface area (Å²) in [7, 11) is -0.922. The zero-order valence-electron chi connectivity index (χ0n) is 11.7. The highest BCUT2D eigenvalue weighted by molar-refractivity contribution is 9.10. The fourth-order valence-electron chi connectivity index (χ4n) is 2.34. The molecule has 1 aliphatic heterocycles. The fourth-order valence-corrected chi connectivity index (χ4v) is 4.17. The van der Waals surface area contributed by atoms with Crippen LogP contribution in [0.25, 0.3) is 0 Å². The molecule has 1 amide bonds. The van der Waals surface area contributed by atoms with Gasteiger partial charge in [-0.05, 0) is 32.0 Å². The van der Waals surface area contributed by atoms with E-state index in [9.17, 15) is 13.8 Å². The van der Waals surface area contributed by atoms with Crippen LogP contribution in [0.4, 0.5) is 0 Å². The van der Waals surface area contributed by atoms with Crippen LogP contribution >= 0.6 is 15.9 Å². The second kappa shape index (κ2) is 6.27. The third-order valence-corrected chi connectivity index (χ3v) is 6.04. The molecule has 5 nitrogen and oxygen atoms in total. The Morgan fingerprint density at radius 3 is 2.52 bits per heavy atom. The van der Waals surface area contributed by atoms with Crippen molar-refractivity contribution < 1.29 is 18.9 Å². The minimum absolute atomic E-state index is 0.0639. The molecular weight excluding hydrogens is 358 g/mol. The third kappa shape index (κ3) is 3.35. The van der Waals surface area contributed by atoms with Gasteiger partial charge in [0.25, 0.3) is 5.91 Å². The molecular formula is C14H16BrNO4S. The second-order valence-electron chi connectivity index (χ2n) is 5.06. The van der Waals surface area contributed by atoms with Crippen LogP contribution in [0.15, 0.2) is 22.7 Å². The molecule has 1 aliphatic rings. The van der Waals surface area contributed by atoms with Gasteiger partial charge in [0.1, 0.15) is 0 Å². The number of carbonyl (C=O) groups is 2. The van der Waals surface area contributed by atoms with Crippen molar-refractivity contribution in [3.8, 4) is 0 Å². The monoisotopic (exact) mass is 373 g/mol. The Morgan fingerprint density at radius 2 is 1.90 bits per heavy atom. The zero-order valence-corrected chi connectivity index (χ0v) is 14.1. The lowest BCUT2D eigenvalue weighted by atomic mass is 10.1. The number of nitrogens with zero attached hydrogens (tertiary/aromatic N) is 1. The molecule has 0 bridgehead atoms. The Morgan fingerprint density at radius 1 is 1.29 bits per heavy atom. The summed E-state index contributed by atoms with van der Waals surface area (Å²) < 4.78 is 12.3. The van der Waals surface area contributed by atoms with Gasteiger partial charge in [-0.15, -0.1) is 0 Å². The fraction of sp³-hybridized carbons (Fsp3) is 0.429. The van der Waals surface area contributed by atoms with Gasteiger partial charge >= 0.3 is 5.97 Å². The van der Waals surface area contributed by atoms with Crippen LogP contribution in [-0.4, -0.2) is 49.7 Å². The maximum Gasteiger partial charge on any atom is 0.335 e. The quantitative estimate of drug-likeness (QED) is 0.861. The smallest absolute Gasteiger partial charge is 0.335 e. The van der Waals surface area contributed by atoms with Crippen molar-refractivity contribution >= 4 is 38.6 Å². The first kappa shape index (κ1) is 16.2. The van der Waals surface area contributed by atoms with E-state index in [0.717, 1.165) is 0 Å². The van der Waals surface area contributed by atoms with Crippen molar-refractivity contribution in [2.45, 2.75) is 25.1 Å². The van der Waals surface area contributed by atoms with Crippen molar-refractivity contribution in [1.82, 2.24) is 4.90 Å². The number of halogens is 1. The van der Waals surface area contributed by atoms with Crippen LogP contribution < -0.4 is 0 Å². The van der Waals surface area contributed by atoms with E-state index in [2.05, 4.69) is 15.9 Å².